The van der Waals surface area contributed by atoms with Crippen molar-refractivity contribution >= 4 is 15.7 Å². The smallest absolute Gasteiger partial charge is 0.236 e. The van der Waals surface area contributed by atoms with Gasteiger partial charge in [0, 0.05) is 5.56 Å². The summed E-state index contributed by atoms with van der Waals surface area (Å²) in [6.07, 6.45) is 3.62. The summed E-state index contributed by atoms with van der Waals surface area (Å²) in [7, 11) is -3.37. The van der Waals surface area contributed by atoms with Crippen molar-refractivity contribution in [3.05, 3.63) is 18.0 Å². The number of hydrogen-bond donors (Lipinski definition) is 1. The summed E-state index contributed by atoms with van der Waals surface area (Å²) in [6.45, 7) is 6.55. The molecule has 0 aliphatic heterocycles. The maximum atomic E-state index is 10.9. The van der Waals surface area contributed by atoms with Gasteiger partial charge in [-0.15, -0.1) is 14.8 Å². The van der Waals surface area contributed by atoms with E-state index in [9.17, 15) is 8.42 Å². The summed E-state index contributed by atoms with van der Waals surface area (Å²) in [6, 6.07) is 1.87. The van der Waals surface area contributed by atoms with Crippen molar-refractivity contribution in [3.63, 3.8) is 0 Å². The number of aromatic nitrogens is 4. The number of hydrogen-bond acceptors (Lipinski definition) is 6. The monoisotopic (exact) mass is 341 g/mol. The van der Waals surface area contributed by atoms with Crippen LogP contribution >= 0.6 is 0 Å². The zero-order valence-electron chi connectivity index (χ0n) is 13.7. The lowest BCUT2D eigenvalue weighted by atomic mass is 9.88. The number of nitrogens with two attached hydrogens (primary N) is 1. The number of unbranched alkanes of at least 4 members (excludes halogenated alkanes) is 1. The number of rotatable bonds is 8. The molecule has 23 heavy (non-hydrogen) atoms. The molecule has 0 saturated carbocycles. The number of sulfonamides is 1. The molecule has 0 fully saturated rings. The highest BCUT2D eigenvalue weighted by Gasteiger charge is 2.20. The SMILES string of the molecule is Cc1cc2ncnn2nc1OCC(C)(C)CCCCS(N)(=O)=O. The zero-order chi connectivity index (χ0) is 17.1. The lowest BCUT2D eigenvalue weighted by Crippen LogP contribution is -2.23. The second kappa shape index (κ2) is 6.79. The van der Waals surface area contributed by atoms with E-state index in [1.54, 1.807) is 0 Å². The first-order valence-electron chi connectivity index (χ1n) is 7.47. The van der Waals surface area contributed by atoms with Crippen molar-refractivity contribution < 1.29 is 13.2 Å². The van der Waals surface area contributed by atoms with E-state index in [-0.39, 0.29) is 11.2 Å². The molecule has 0 atom stereocenters. The van der Waals surface area contributed by atoms with Gasteiger partial charge in [0.05, 0.1) is 12.4 Å². The van der Waals surface area contributed by atoms with E-state index >= 15 is 0 Å². The maximum absolute atomic E-state index is 10.9. The number of aryl methyl sites for hydroxylation is 1. The van der Waals surface area contributed by atoms with Crippen molar-refractivity contribution in [2.24, 2.45) is 10.6 Å². The Labute approximate surface area is 136 Å². The number of primary sulfonamides is 1. The fraction of sp³-hybridized carbons (Fsp3) is 0.643. The number of ether oxygens (including phenoxy) is 1. The topological polar surface area (TPSA) is 112 Å². The van der Waals surface area contributed by atoms with Crippen LogP contribution in [-0.4, -0.2) is 40.6 Å². The van der Waals surface area contributed by atoms with Crippen LogP contribution < -0.4 is 9.88 Å². The molecule has 128 valence electrons. The summed E-state index contributed by atoms with van der Waals surface area (Å²) in [5, 5.41) is 13.3. The minimum absolute atomic E-state index is 0.0214. The lowest BCUT2D eigenvalue weighted by Gasteiger charge is -2.24. The molecule has 0 amide bonds. The molecule has 0 radical (unpaired) electrons. The van der Waals surface area contributed by atoms with Crippen LogP contribution in [0.25, 0.3) is 5.65 Å². The molecule has 2 aromatic rings. The summed E-state index contributed by atoms with van der Waals surface area (Å²) in [4.78, 5) is 4.07. The standard InChI is InChI=1S/C14H23N5O3S/c1-11-8-12-16-10-17-19(12)18-13(11)22-9-14(2,3)6-4-5-7-23(15,20)21/h8,10H,4-7,9H2,1-3H3,(H2,15,20,21). The van der Waals surface area contributed by atoms with Crippen molar-refractivity contribution in [2.45, 2.75) is 40.0 Å². The van der Waals surface area contributed by atoms with Crippen molar-refractivity contribution in [1.82, 2.24) is 19.8 Å². The van der Waals surface area contributed by atoms with Gasteiger partial charge in [-0.2, -0.15) is 0 Å². The number of nitrogens with zero attached hydrogens (tertiary/aromatic N) is 4. The maximum Gasteiger partial charge on any atom is 0.236 e. The van der Waals surface area contributed by atoms with Gasteiger partial charge in [-0.1, -0.05) is 20.3 Å². The molecule has 0 saturated heterocycles. The molecule has 0 bridgehead atoms. The van der Waals surface area contributed by atoms with E-state index in [2.05, 4.69) is 29.0 Å². The first-order chi connectivity index (χ1) is 10.7. The Hall–Kier alpha value is -1.74. The van der Waals surface area contributed by atoms with Crippen LogP contribution in [0.3, 0.4) is 0 Å². The average molecular weight is 341 g/mol. The van der Waals surface area contributed by atoms with E-state index in [4.69, 9.17) is 9.88 Å². The molecular formula is C14H23N5O3S. The van der Waals surface area contributed by atoms with Crippen LogP contribution in [0.4, 0.5) is 0 Å². The summed E-state index contributed by atoms with van der Waals surface area (Å²) < 4.78 is 29.1. The second-order valence-corrected chi connectivity index (χ2v) is 8.25. The van der Waals surface area contributed by atoms with Gasteiger partial charge in [0.1, 0.15) is 6.33 Å². The van der Waals surface area contributed by atoms with E-state index < -0.39 is 10.0 Å². The highest BCUT2D eigenvalue weighted by molar-refractivity contribution is 7.89. The van der Waals surface area contributed by atoms with Gasteiger partial charge in [-0.25, -0.2) is 18.5 Å². The summed E-state index contributed by atoms with van der Waals surface area (Å²) >= 11 is 0. The van der Waals surface area contributed by atoms with E-state index in [0.717, 1.165) is 18.4 Å². The third-order valence-electron chi connectivity index (χ3n) is 3.56. The average Bonchev–Trinajstić information content (AvgIpc) is 2.87. The molecule has 0 spiro atoms. The fourth-order valence-electron chi connectivity index (χ4n) is 2.22. The van der Waals surface area contributed by atoms with Gasteiger partial charge >= 0.3 is 0 Å². The molecule has 2 aromatic heterocycles. The molecule has 0 aliphatic rings. The minimum Gasteiger partial charge on any atom is -0.476 e. The highest BCUT2D eigenvalue weighted by atomic mass is 32.2. The van der Waals surface area contributed by atoms with Gasteiger partial charge in [0.25, 0.3) is 0 Å². The van der Waals surface area contributed by atoms with Crippen LogP contribution in [0, 0.1) is 12.3 Å². The predicted molar refractivity (Wildman–Crippen MR) is 86.6 cm³/mol. The first kappa shape index (κ1) is 17.6. The van der Waals surface area contributed by atoms with Gasteiger partial charge in [-0.3, -0.25) is 0 Å². The normalized spacial score (nSPS) is 12.7. The molecular weight excluding hydrogens is 318 g/mol. The van der Waals surface area contributed by atoms with E-state index in [0.29, 0.717) is 24.6 Å². The Balaban J connectivity index is 1.88. The quantitative estimate of drug-likeness (QED) is 0.724. The molecule has 0 aliphatic carbocycles. The van der Waals surface area contributed by atoms with Crippen molar-refractivity contribution in [1.29, 1.82) is 0 Å². The van der Waals surface area contributed by atoms with Crippen LogP contribution in [0.1, 0.15) is 38.7 Å². The van der Waals surface area contributed by atoms with Crippen LogP contribution in [0.2, 0.25) is 0 Å². The third kappa shape index (κ3) is 5.43. The first-order valence-corrected chi connectivity index (χ1v) is 9.19. The fourth-order valence-corrected chi connectivity index (χ4v) is 2.83. The Bertz CT molecular complexity index is 770. The zero-order valence-corrected chi connectivity index (χ0v) is 14.5. The second-order valence-electron chi connectivity index (χ2n) is 6.52. The predicted octanol–water partition coefficient (Wildman–Crippen LogP) is 1.30. The van der Waals surface area contributed by atoms with Crippen molar-refractivity contribution in [3.8, 4) is 5.88 Å². The molecule has 9 heteroatoms. The van der Waals surface area contributed by atoms with Gasteiger partial charge in [-0.05, 0) is 31.2 Å². The van der Waals surface area contributed by atoms with Crippen LogP contribution in [-0.2, 0) is 10.0 Å². The van der Waals surface area contributed by atoms with Gasteiger partial charge in [0.15, 0.2) is 5.65 Å². The lowest BCUT2D eigenvalue weighted by molar-refractivity contribution is 0.159. The van der Waals surface area contributed by atoms with Gasteiger partial charge in [0.2, 0.25) is 15.9 Å². The number of fused-ring (bicyclic) bond motifs is 1. The molecule has 2 heterocycles. The van der Waals surface area contributed by atoms with E-state index in [1.165, 1.54) is 11.0 Å². The third-order valence-corrected chi connectivity index (χ3v) is 4.41. The van der Waals surface area contributed by atoms with Crippen molar-refractivity contribution in [2.75, 3.05) is 12.4 Å². The molecule has 2 N–H and O–H groups in total. The van der Waals surface area contributed by atoms with E-state index in [1.807, 2.05) is 13.0 Å². The Morgan fingerprint density at radius 2 is 2.09 bits per heavy atom. The Morgan fingerprint density at radius 3 is 2.78 bits per heavy atom. The molecule has 2 rings (SSSR count). The molecule has 0 aromatic carbocycles. The minimum atomic E-state index is -3.37. The molecule has 0 unspecified atom stereocenters. The molecule has 8 nitrogen and oxygen atoms in total. The largest absolute Gasteiger partial charge is 0.476 e. The Kier molecular flexibility index (Phi) is 5.20. The highest BCUT2D eigenvalue weighted by Crippen LogP contribution is 2.25. The van der Waals surface area contributed by atoms with Crippen LogP contribution in [0.15, 0.2) is 12.4 Å². The summed E-state index contributed by atoms with van der Waals surface area (Å²) in [5.74, 6) is 0.550. The van der Waals surface area contributed by atoms with Crippen LogP contribution in [0.5, 0.6) is 5.88 Å². The Morgan fingerprint density at radius 1 is 1.35 bits per heavy atom. The van der Waals surface area contributed by atoms with Gasteiger partial charge < -0.3 is 4.74 Å². The summed E-state index contributed by atoms with van der Waals surface area (Å²) in [5.41, 5.74) is 1.48.